The highest BCUT2D eigenvalue weighted by Crippen LogP contribution is 2.45. The van der Waals surface area contributed by atoms with Crippen molar-refractivity contribution in [2.24, 2.45) is 5.73 Å². The Morgan fingerprint density at radius 2 is 1.93 bits per heavy atom. The van der Waals surface area contributed by atoms with E-state index in [4.69, 9.17) is 5.73 Å². The van der Waals surface area contributed by atoms with Crippen molar-refractivity contribution in [1.29, 1.82) is 0 Å². The van der Waals surface area contributed by atoms with Gasteiger partial charge in [-0.1, -0.05) is 0 Å². The van der Waals surface area contributed by atoms with E-state index < -0.39 is 17.3 Å². The number of hydrogen-bond donors (Lipinski definition) is 1. The molecular formula is C10H10F3N. The van der Waals surface area contributed by atoms with Crippen molar-refractivity contribution in [3.63, 3.8) is 0 Å². The van der Waals surface area contributed by atoms with Crippen molar-refractivity contribution >= 4 is 0 Å². The lowest BCUT2D eigenvalue weighted by atomic mass is 9.73. The Labute approximate surface area is 79.7 Å². The second-order valence-electron chi connectivity index (χ2n) is 3.76. The lowest BCUT2D eigenvalue weighted by Crippen LogP contribution is -2.46. The van der Waals surface area contributed by atoms with E-state index in [-0.39, 0.29) is 24.4 Å². The van der Waals surface area contributed by atoms with Crippen LogP contribution in [-0.4, -0.2) is 6.04 Å². The first-order chi connectivity index (χ1) is 6.51. The van der Waals surface area contributed by atoms with Gasteiger partial charge in [-0.15, -0.1) is 0 Å². The maximum atomic E-state index is 13.8. The first-order valence-electron chi connectivity index (χ1n) is 4.41. The van der Waals surface area contributed by atoms with Crippen LogP contribution in [0.25, 0.3) is 0 Å². The molecule has 0 heterocycles. The molecule has 0 spiro atoms. The van der Waals surface area contributed by atoms with E-state index in [1.54, 1.807) is 0 Å². The summed E-state index contributed by atoms with van der Waals surface area (Å²) < 4.78 is 39.8. The fourth-order valence-corrected chi connectivity index (χ4v) is 1.83. The van der Waals surface area contributed by atoms with Crippen LogP contribution in [0.15, 0.2) is 18.2 Å². The number of hydrogen-bond acceptors (Lipinski definition) is 1. The van der Waals surface area contributed by atoms with Gasteiger partial charge in [-0.25, -0.2) is 13.2 Å². The minimum absolute atomic E-state index is 0.0629. The smallest absolute Gasteiger partial charge is 0.141 e. The maximum Gasteiger partial charge on any atom is 0.141 e. The SMILES string of the molecule is NC1CC(F)(c2cc(F)ccc2F)C1. The molecule has 1 fully saturated rings. The molecule has 1 saturated carbocycles. The molecule has 4 heteroatoms. The highest BCUT2D eigenvalue weighted by molar-refractivity contribution is 5.28. The topological polar surface area (TPSA) is 26.0 Å². The molecule has 0 radical (unpaired) electrons. The predicted octanol–water partition coefficient (Wildman–Crippen LogP) is 2.25. The molecule has 0 bridgehead atoms. The first-order valence-corrected chi connectivity index (χ1v) is 4.41. The van der Waals surface area contributed by atoms with Gasteiger partial charge in [0.2, 0.25) is 0 Å². The number of nitrogens with two attached hydrogens (primary N) is 1. The molecule has 0 aliphatic heterocycles. The normalized spacial score (nSPS) is 31.3. The highest BCUT2D eigenvalue weighted by Gasteiger charge is 2.46. The third-order valence-corrected chi connectivity index (χ3v) is 2.58. The largest absolute Gasteiger partial charge is 0.327 e. The summed E-state index contributed by atoms with van der Waals surface area (Å²) in [5, 5.41) is 0. The summed E-state index contributed by atoms with van der Waals surface area (Å²) in [6, 6.07) is 2.57. The fraction of sp³-hybridized carbons (Fsp3) is 0.400. The van der Waals surface area contributed by atoms with Gasteiger partial charge in [0.05, 0.1) is 0 Å². The molecule has 0 aromatic heterocycles. The zero-order valence-electron chi connectivity index (χ0n) is 7.43. The Balaban J connectivity index is 2.36. The molecular weight excluding hydrogens is 191 g/mol. The first kappa shape index (κ1) is 9.52. The molecule has 0 atom stereocenters. The molecule has 2 rings (SSSR count). The Morgan fingerprint density at radius 3 is 2.50 bits per heavy atom. The Hall–Kier alpha value is -1.03. The predicted molar refractivity (Wildman–Crippen MR) is 46.4 cm³/mol. The van der Waals surface area contributed by atoms with Gasteiger partial charge in [0.1, 0.15) is 17.3 Å². The van der Waals surface area contributed by atoms with Gasteiger partial charge in [-0.05, 0) is 18.2 Å². The average Bonchev–Trinajstić information content (AvgIpc) is 2.07. The van der Waals surface area contributed by atoms with Gasteiger partial charge in [-0.3, -0.25) is 0 Å². The molecule has 0 saturated heterocycles. The van der Waals surface area contributed by atoms with Crippen LogP contribution in [0.3, 0.4) is 0 Å². The van der Waals surface area contributed by atoms with Crippen LogP contribution in [0.2, 0.25) is 0 Å². The summed E-state index contributed by atoms with van der Waals surface area (Å²) in [5.74, 6) is -1.33. The second kappa shape index (κ2) is 2.98. The van der Waals surface area contributed by atoms with Gasteiger partial charge < -0.3 is 5.73 Å². The summed E-state index contributed by atoms with van der Waals surface area (Å²) in [5.41, 5.74) is 3.44. The molecule has 0 unspecified atom stereocenters. The van der Waals surface area contributed by atoms with Crippen LogP contribution in [-0.2, 0) is 5.67 Å². The summed E-state index contributed by atoms with van der Waals surface area (Å²) in [4.78, 5) is 0. The van der Waals surface area contributed by atoms with Gasteiger partial charge in [-0.2, -0.15) is 0 Å². The van der Waals surface area contributed by atoms with Crippen molar-refractivity contribution in [3.8, 4) is 0 Å². The Bertz CT molecular complexity index is 358. The lowest BCUT2D eigenvalue weighted by molar-refractivity contribution is 0.0365. The van der Waals surface area contributed by atoms with Crippen LogP contribution in [0, 0.1) is 11.6 Å². The van der Waals surface area contributed by atoms with Crippen molar-refractivity contribution in [3.05, 3.63) is 35.4 Å². The minimum atomic E-state index is -1.77. The monoisotopic (exact) mass is 201 g/mol. The highest BCUT2D eigenvalue weighted by atomic mass is 19.2. The second-order valence-corrected chi connectivity index (χ2v) is 3.76. The summed E-state index contributed by atoms with van der Waals surface area (Å²) in [6.45, 7) is 0. The molecule has 1 aliphatic rings. The molecule has 1 aliphatic carbocycles. The average molecular weight is 201 g/mol. The molecule has 76 valence electrons. The van der Waals surface area contributed by atoms with Crippen molar-refractivity contribution in [1.82, 2.24) is 0 Å². The van der Waals surface area contributed by atoms with Gasteiger partial charge in [0, 0.05) is 24.4 Å². The number of rotatable bonds is 1. The van der Waals surface area contributed by atoms with E-state index in [0.717, 1.165) is 18.2 Å². The summed E-state index contributed by atoms with van der Waals surface area (Å²) >= 11 is 0. The van der Waals surface area contributed by atoms with Gasteiger partial charge >= 0.3 is 0 Å². The Kier molecular flexibility index (Phi) is 2.03. The van der Waals surface area contributed by atoms with E-state index >= 15 is 0 Å². The standard InChI is InChI=1S/C10H10F3N/c11-6-1-2-9(12)8(3-6)10(13)4-7(14)5-10/h1-3,7H,4-5,14H2. The van der Waals surface area contributed by atoms with Gasteiger partial charge in [0.25, 0.3) is 0 Å². The lowest BCUT2D eigenvalue weighted by Gasteiger charge is -2.39. The third-order valence-electron chi connectivity index (χ3n) is 2.58. The van der Waals surface area contributed by atoms with Crippen LogP contribution >= 0.6 is 0 Å². The molecule has 1 aromatic carbocycles. The zero-order valence-corrected chi connectivity index (χ0v) is 7.43. The van der Waals surface area contributed by atoms with Crippen LogP contribution in [0.5, 0.6) is 0 Å². The van der Waals surface area contributed by atoms with Crippen molar-refractivity contribution in [2.45, 2.75) is 24.6 Å². The third kappa shape index (κ3) is 1.39. The fourth-order valence-electron chi connectivity index (χ4n) is 1.83. The van der Waals surface area contributed by atoms with Crippen LogP contribution < -0.4 is 5.73 Å². The van der Waals surface area contributed by atoms with E-state index in [1.165, 1.54) is 0 Å². The summed E-state index contributed by atoms with van der Waals surface area (Å²) in [7, 11) is 0. The molecule has 1 aromatic rings. The van der Waals surface area contributed by atoms with Crippen molar-refractivity contribution < 1.29 is 13.2 Å². The quantitative estimate of drug-likeness (QED) is 0.740. The zero-order chi connectivity index (χ0) is 10.3. The number of halogens is 3. The number of benzene rings is 1. The van der Waals surface area contributed by atoms with E-state index in [2.05, 4.69) is 0 Å². The molecule has 14 heavy (non-hydrogen) atoms. The van der Waals surface area contributed by atoms with E-state index in [0.29, 0.717) is 0 Å². The maximum absolute atomic E-state index is 13.8. The van der Waals surface area contributed by atoms with Crippen LogP contribution in [0.4, 0.5) is 13.2 Å². The Morgan fingerprint density at radius 1 is 1.29 bits per heavy atom. The van der Waals surface area contributed by atoms with E-state index in [1.807, 2.05) is 0 Å². The number of alkyl halides is 1. The molecule has 2 N–H and O–H groups in total. The van der Waals surface area contributed by atoms with Gasteiger partial charge in [0.15, 0.2) is 0 Å². The molecule has 0 amide bonds. The summed E-state index contributed by atoms with van der Waals surface area (Å²) in [6.07, 6.45) is 0.126. The van der Waals surface area contributed by atoms with E-state index in [9.17, 15) is 13.2 Å². The van der Waals surface area contributed by atoms with Crippen molar-refractivity contribution in [2.75, 3.05) is 0 Å². The minimum Gasteiger partial charge on any atom is -0.327 e. The van der Waals surface area contributed by atoms with Crippen LogP contribution in [0.1, 0.15) is 18.4 Å². The molecule has 1 nitrogen and oxygen atoms in total.